The number of hydrogen-bond acceptors (Lipinski definition) is 0. The van der Waals surface area contributed by atoms with Crippen LogP contribution in [0.25, 0.3) is 0 Å². The summed E-state index contributed by atoms with van der Waals surface area (Å²) in [6.07, 6.45) is 19.0. The summed E-state index contributed by atoms with van der Waals surface area (Å²) in [5.41, 5.74) is 1.16. The van der Waals surface area contributed by atoms with Gasteiger partial charge in [-0.15, -0.1) is 0 Å². The van der Waals surface area contributed by atoms with E-state index in [1.807, 2.05) is 5.92 Å². The van der Waals surface area contributed by atoms with Crippen LogP contribution in [-0.4, -0.2) is 0 Å². The minimum atomic E-state index is 0.544. The Kier molecular flexibility index (Phi) is 5.37. The van der Waals surface area contributed by atoms with E-state index in [9.17, 15) is 0 Å². The van der Waals surface area contributed by atoms with Crippen LogP contribution in [0, 0.1) is 16.7 Å². The lowest BCUT2D eigenvalue weighted by Crippen LogP contribution is -2.43. The van der Waals surface area contributed by atoms with Crippen molar-refractivity contribution in [2.45, 2.75) is 104 Å². The molecule has 1 radical (unpaired) electrons. The average molecular weight is 263 g/mol. The summed E-state index contributed by atoms with van der Waals surface area (Å²) in [5, 5.41) is 0. The molecule has 0 nitrogen and oxygen atoms in total. The van der Waals surface area contributed by atoms with Crippen molar-refractivity contribution < 1.29 is 0 Å². The summed E-state index contributed by atoms with van der Waals surface area (Å²) < 4.78 is 0. The first-order chi connectivity index (χ1) is 9.12. The van der Waals surface area contributed by atoms with Crippen molar-refractivity contribution in [1.82, 2.24) is 0 Å². The Morgan fingerprint density at radius 1 is 0.895 bits per heavy atom. The molecule has 2 rings (SSSR count). The van der Waals surface area contributed by atoms with Gasteiger partial charge in [0.2, 0.25) is 0 Å². The fourth-order valence-corrected chi connectivity index (χ4v) is 5.00. The topological polar surface area (TPSA) is 0 Å². The van der Waals surface area contributed by atoms with Crippen molar-refractivity contribution >= 4 is 0 Å². The minimum absolute atomic E-state index is 0.544. The molecule has 0 aromatic heterocycles. The zero-order chi connectivity index (χ0) is 13.8. The van der Waals surface area contributed by atoms with Crippen LogP contribution in [0.5, 0.6) is 0 Å². The molecular formula is C19H35. The maximum Gasteiger partial charge on any atom is -0.0174 e. The Morgan fingerprint density at radius 2 is 1.53 bits per heavy atom. The molecule has 0 heterocycles. The SMILES string of the molecule is CCCCCC(C)(C)C1([C]2CCCC2)CCCCC1. The van der Waals surface area contributed by atoms with Gasteiger partial charge in [0.05, 0.1) is 0 Å². The zero-order valence-corrected chi connectivity index (χ0v) is 13.7. The molecular weight excluding hydrogens is 228 g/mol. The number of rotatable bonds is 6. The molecule has 0 aromatic rings. The van der Waals surface area contributed by atoms with Crippen molar-refractivity contribution in [3.63, 3.8) is 0 Å². The molecule has 111 valence electrons. The molecule has 0 N–H and O–H groups in total. The molecule has 2 aliphatic carbocycles. The van der Waals surface area contributed by atoms with Crippen LogP contribution in [0.1, 0.15) is 104 Å². The van der Waals surface area contributed by atoms with Gasteiger partial charge in [-0.2, -0.15) is 0 Å². The second-order valence-corrected chi connectivity index (χ2v) is 7.79. The highest BCUT2D eigenvalue weighted by Crippen LogP contribution is 2.61. The van der Waals surface area contributed by atoms with E-state index in [1.54, 1.807) is 0 Å². The van der Waals surface area contributed by atoms with Crippen molar-refractivity contribution in [3.8, 4) is 0 Å². The molecule has 0 bridgehead atoms. The Bertz CT molecular complexity index is 251. The molecule has 0 amide bonds. The first-order valence-corrected chi connectivity index (χ1v) is 8.97. The number of unbranched alkanes of at least 4 members (excludes halogenated alkanes) is 2. The van der Waals surface area contributed by atoms with E-state index >= 15 is 0 Å². The molecule has 2 aliphatic rings. The third-order valence-corrected chi connectivity index (χ3v) is 6.29. The third-order valence-electron chi connectivity index (χ3n) is 6.29. The van der Waals surface area contributed by atoms with Gasteiger partial charge in [0, 0.05) is 0 Å². The fourth-order valence-electron chi connectivity index (χ4n) is 5.00. The molecule has 0 aromatic carbocycles. The van der Waals surface area contributed by atoms with E-state index in [0.29, 0.717) is 10.8 Å². The minimum Gasteiger partial charge on any atom is -0.0654 e. The Hall–Kier alpha value is 0. The van der Waals surface area contributed by atoms with Crippen molar-refractivity contribution in [1.29, 1.82) is 0 Å². The van der Waals surface area contributed by atoms with E-state index in [2.05, 4.69) is 20.8 Å². The van der Waals surface area contributed by atoms with Crippen LogP contribution in [0.3, 0.4) is 0 Å². The van der Waals surface area contributed by atoms with Crippen LogP contribution >= 0.6 is 0 Å². The highest BCUT2D eigenvalue weighted by atomic mass is 14.5. The highest BCUT2D eigenvalue weighted by molar-refractivity contribution is 5.15. The molecule has 2 saturated carbocycles. The standard InChI is InChI=1S/C19H35/c1-4-5-9-14-18(2,3)19(15-10-6-11-16-19)17-12-7-8-13-17/h4-16H2,1-3H3. The molecule has 0 spiro atoms. The largest absolute Gasteiger partial charge is 0.0654 e. The Morgan fingerprint density at radius 3 is 2.11 bits per heavy atom. The smallest absolute Gasteiger partial charge is 0.0174 e. The molecule has 0 heteroatoms. The number of hydrogen-bond donors (Lipinski definition) is 0. The van der Waals surface area contributed by atoms with Crippen LogP contribution < -0.4 is 0 Å². The van der Waals surface area contributed by atoms with Gasteiger partial charge < -0.3 is 0 Å². The molecule has 0 saturated heterocycles. The lowest BCUT2D eigenvalue weighted by molar-refractivity contribution is 0.0253. The van der Waals surface area contributed by atoms with Crippen LogP contribution in [0.2, 0.25) is 0 Å². The molecule has 19 heavy (non-hydrogen) atoms. The van der Waals surface area contributed by atoms with E-state index in [4.69, 9.17) is 0 Å². The Labute approximate surface area is 121 Å². The van der Waals surface area contributed by atoms with Crippen molar-refractivity contribution in [3.05, 3.63) is 5.92 Å². The van der Waals surface area contributed by atoms with Crippen molar-refractivity contribution in [2.75, 3.05) is 0 Å². The van der Waals surface area contributed by atoms with Gasteiger partial charge in [0.25, 0.3) is 0 Å². The summed E-state index contributed by atoms with van der Waals surface area (Å²) in [5.74, 6) is 1.98. The Balaban J connectivity index is 2.10. The first kappa shape index (κ1) is 15.4. The van der Waals surface area contributed by atoms with Gasteiger partial charge in [-0.1, -0.05) is 72.1 Å². The lowest BCUT2D eigenvalue weighted by Gasteiger charge is -2.53. The average Bonchev–Trinajstić information content (AvgIpc) is 2.94. The van der Waals surface area contributed by atoms with Gasteiger partial charge in [0.15, 0.2) is 0 Å². The monoisotopic (exact) mass is 263 g/mol. The van der Waals surface area contributed by atoms with E-state index in [-0.39, 0.29) is 0 Å². The summed E-state index contributed by atoms with van der Waals surface area (Å²) in [6, 6.07) is 0. The van der Waals surface area contributed by atoms with E-state index in [0.717, 1.165) is 0 Å². The lowest BCUT2D eigenvalue weighted by atomic mass is 9.51. The zero-order valence-electron chi connectivity index (χ0n) is 13.7. The summed E-state index contributed by atoms with van der Waals surface area (Å²) in [4.78, 5) is 0. The second-order valence-electron chi connectivity index (χ2n) is 7.79. The predicted molar refractivity (Wildman–Crippen MR) is 85.2 cm³/mol. The summed E-state index contributed by atoms with van der Waals surface area (Å²) in [7, 11) is 0. The van der Waals surface area contributed by atoms with Gasteiger partial charge >= 0.3 is 0 Å². The van der Waals surface area contributed by atoms with Gasteiger partial charge in [-0.25, -0.2) is 0 Å². The third kappa shape index (κ3) is 3.19. The van der Waals surface area contributed by atoms with Gasteiger partial charge in [-0.05, 0) is 48.9 Å². The van der Waals surface area contributed by atoms with E-state index < -0.39 is 0 Å². The maximum absolute atomic E-state index is 2.60. The first-order valence-electron chi connectivity index (χ1n) is 8.97. The van der Waals surface area contributed by atoms with Crippen LogP contribution in [0.4, 0.5) is 0 Å². The highest BCUT2D eigenvalue weighted by Gasteiger charge is 2.50. The summed E-state index contributed by atoms with van der Waals surface area (Å²) in [6.45, 7) is 7.52. The maximum atomic E-state index is 2.60. The molecule has 0 unspecified atom stereocenters. The molecule has 2 fully saturated rings. The van der Waals surface area contributed by atoms with Gasteiger partial charge in [-0.3, -0.25) is 0 Å². The quantitative estimate of drug-likeness (QED) is 0.468. The van der Waals surface area contributed by atoms with Crippen molar-refractivity contribution in [2.24, 2.45) is 10.8 Å². The van der Waals surface area contributed by atoms with E-state index in [1.165, 1.54) is 83.5 Å². The van der Waals surface area contributed by atoms with Gasteiger partial charge in [0.1, 0.15) is 0 Å². The predicted octanol–water partition coefficient (Wildman–Crippen LogP) is 6.69. The second kappa shape index (κ2) is 6.64. The molecule has 0 atom stereocenters. The normalized spacial score (nSPS) is 24.8. The van der Waals surface area contributed by atoms with Crippen LogP contribution in [0.15, 0.2) is 0 Å². The summed E-state index contributed by atoms with van der Waals surface area (Å²) >= 11 is 0. The fraction of sp³-hybridized carbons (Fsp3) is 0.947. The molecule has 0 aliphatic heterocycles. The van der Waals surface area contributed by atoms with Crippen LogP contribution in [-0.2, 0) is 0 Å².